The highest BCUT2D eigenvalue weighted by Crippen LogP contribution is 2.42. The van der Waals surface area contributed by atoms with Gasteiger partial charge < -0.3 is 13.8 Å². The average Bonchev–Trinajstić information content (AvgIpc) is 2.53. The van der Waals surface area contributed by atoms with Gasteiger partial charge in [-0.25, -0.2) is 0 Å². The third-order valence-electron chi connectivity index (χ3n) is 3.94. The minimum absolute atomic E-state index is 0.419. The van der Waals surface area contributed by atoms with Crippen LogP contribution in [0.2, 0.25) is 0 Å². The van der Waals surface area contributed by atoms with Crippen molar-refractivity contribution >= 4 is 8.38 Å². The second-order valence-electron chi connectivity index (χ2n) is 5.32. The van der Waals surface area contributed by atoms with Crippen LogP contribution in [0.25, 0.3) is 0 Å². The highest BCUT2D eigenvalue weighted by molar-refractivity contribution is 7.47. The summed E-state index contributed by atoms with van der Waals surface area (Å²) in [6, 6.07) is 10.4. The van der Waals surface area contributed by atoms with E-state index in [-0.39, 0.29) is 0 Å². The predicted octanol–water partition coefficient (Wildman–Crippen LogP) is 4.37. The van der Waals surface area contributed by atoms with Gasteiger partial charge in [-0.1, -0.05) is 30.3 Å². The van der Waals surface area contributed by atoms with Crippen molar-refractivity contribution in [2.45, 2.75) is 38.4 Å². The van der Waals surface area contributed by atoms with Crippen LogP contribution < -0.4 is 0 Å². The van der Waals surface area contributed by atoms with Crippen molar-refractivity contribution in [1.82, 2.24) is 0 Å². The van der Waals surface area contributed by atoms with Gasteiger partial charge in [0, 0.05) is 20.4 Å². The topological polar surface area (TPSA) is 27.7 Å². The van der Waals surface area contributed by atoms with Crippen LogP contribution in [0.1, 0.15) is 31.2 Å². The molecule has 112 valence electrons. The van der Waals surface area contributed by atoms with E-state index in [1.165, 1.54) is 18.4 Å². The molecule has 3 nitrogen and oxygen atoms in total. The molecule has 0 spiro atoms. The molecule has 0 N–H and O–H groups in total. The van der Waals surface area contributed by atoms with Crippen LogP contribution in [-0.2, 0) is 20.4 Å². The molecular formula is C16H25O3P. The van der Waals surface area contributed by atoms with Gasteiger partial charge in [-0.3, -0.25) is 0 Å². The molecule has 1 saturated carbocycles. The molecular weight excluding hydrogens is 271 g/mol. The Balaban J connectivity index is 1.66. The van der Waals surface area contributed by atoms with E-state index in [0.717, 1.165) is 31.5 Å². The molecule has 0 amide bonds. The maximum Gasteiger partial charge on any atom is 0.170 e. The highest BCUT2D eigenvalue weighted by atomic mass is 31.2. The minimum Gasteiger partial charge on any atom is -0.374 e. The van der Waals surface area contributed by atoms with E-state index in [2.05, 4.69) is 24.3 Å². The summed E-state index contributed by atoms with van der Waals surface area (Å²) in [6.07, 6.45) is 6.26. The third-order valence-corrected chi connectivity index (χ3v) is 5.57. The molecule has 1 fully saturated rings. The van der Waals surface area contributed by atoms with Crippen LogP contribution in [0.4, 0.5) is 0 Å². The zero-order valence-corrected chi connectivity index (χ0v) is 13.4. The summed E-state index contributed by atoms with van der Waals surface area (Å²) in [4.78, 5) is 0. The maximum absolute atomic E-state index is 6.02. The summed E-state index contributed by atoms with van der Waals surface area (Å²) in [5.74, 6) is 0.734. The lowest BCUT2D eigenvalue weighted by Crippen LogP contribution is -2.23. The van der Waals surface area contributed by atoms with Gasteiger partial charge in [0.15, 0.2) is 8.38 Å². The zero-order chi connectivity index (χ0) is 14.2. The second kappa shape index (κ2) is 8.74. The molecule has 1 aliphatic carbocycles. The molecule has 0 atom stereocenters. The van der Waals surface area contributed by atoms with Crippen molar-refractivity contribution in [3.63, 3.8) is 0 Å². The maximum atomic E-state index is 6.02. The quantitative estimate of drug-likeness (QED) is 0.699. The van der Waals surface area contributed by atoms with E-state index in [1.807, 2.05) is 6.07 Å². The van der Waals surface area contributed by atoms with Crippen LogP contribution in [0.3, 0.4) is 0 Å². The van der Waals surface area contributed by atoms with Gasteiger partial charge in [0.2, 0.25) is 0 Å². The Bertz CT molecular complexity index is 359. The average molecular weight is 296 g/mol. The van der Waals surface area contributed by atoms with E-state index in [4.69, 9.17) is 13.8 Å². The molecule has 20 heavy (non-hydrogen) atoms. The van der Waals surface area contributed by atoms with Crippen molar-refractivity contribution < 1.29 is 13.8 Å². The fourth-order valence-corrected chi connectivity index (χ4v) is 3.94. The molecule has 0 heterocycles. The Kier molecular flexibility index (Phi) is 6.95. The summed E-state index contributed by atoms with van der Waals surface area (Å²) in [7, 11) is 2.80. The van der Waals surface area contributed by atoms with Gasteiger partial charge in [-0.15, -0.1) is 0 Å². The Morgan fingerprint density at radius 1 is 1.00 bits per heavy atom. The van der Waals surface area contributed by atoms with Gasteiger partial charge in [0.05, 0.1) is 12.7 Å². The van der Waals surface area contributed by atoms with Gasteiger partial charge in [0.1, 0.15) is 0 Å². The van der Waals surface area contributed by atoms with Gasteiger partial charge in [0.25, 0.3) is 0 Å². The standard InChI is InChI=1S/C16H25O3P/c1-17-20(18-2)13-15-8-10-16(11-9-15)19-12-14-6-4-3-5-7-14/h3-7,15-16H,8-13H2,1-2H3/t15-,16+. The monoisotopic (exact) mass is 296 g/mol. The van der Waals surface area contributed by atoms with Crippen molar-refractivity contribution in [2.75, 3.05) is 20.4 Å². The van der Waals surface area contributed by atoms with Crippen LogP contribution in [0.5, 0.6) is 0 Å². The predicted molar refractivity (Wildman–Crippen MR) is 82.8 cm³/mol. The lowest BCUT2D eigenvalue weighted by molar-refractivity contribution is 0.00879. The number of hydrogen-bond donors (Lipinski definition) is 0. The third kappa shape index (κ3) is 5.14. The molecule has 0 bridgehead atoms. The first-order chi connectivity index (χ1) is 9.81. The summed E-state index contributed by atoms with van der Waals surface area (Å²) >= 11 is 0. The summed E-state index contributed by atoms with van der Waals surface area (Å²) < 4.78 is 16.7. The van der Waals surface area contributed by atoms with Gasteiger partial charge >= 0.3 is 0 Å². The number of benzene rings is 1. The summed E-state index contributed by atoms with van der Waals surface area (Å²) in [5, 5.41) is 0. The second-order valence-corrected chi connectivity index (χ2v) is 7.08. The zero-order valence-electron chi connectivity index (χ0n) is 12.5. The molecule has 0 aromatic heterocycles. The van der Waals surface area contributed by atoms with E-state index in [9.17, 15) is 0 Å². The molecule has 0 radical (unpaired) electrons. The molecule has 1 aliphatic rings. The fourth-order valence-electron chi connectivity index (χ4n) is 2.70. The van der Waals surface area contributed by atoms with Crippen molar-refractivity contribution in [3.05, 3.63) is 35.9 Å². The smallest absolute Gasteiger partial charge is 0.170 e. The lowest BCUT2D eigenvalue weighted by atomic mass is 9.89. The van der Waals surface area contributed by atoms with Crippen molar-refractivity contribution in [2.24, 2.45) is 5.92 Å². The molecule has 1 aromatic carbocycles. The fraction of sp³-hybridized carbons (Fsp3) is 0.625. The number of rotatable bonds is 7. The van der Waals surface area contributed by atoms with Crippen molar-refractivity contribution in [1.29, 1.82) is 0 Å². The van der Waals surface area contributed by atoms with E-state index in [0.29, 0.717) is 6.10 Å². The van der Waals surface area contributed by atoms with Crippen LogP contribution >= 0.6 is 8.38 Å². The molecule has 2 rings (SSSR count). The largest absolute Gasteiger partial charge is 0.374 e. The first kappa shape index (κ1) is 15.9. The van der Waals surface area contributed by atoms with Gasteiger partial charge in [-0.2, -0.15) is 0 Å². The Morgan fingerprint density at radius 3 is 2.25 bits per heavy atom. The molecule has 0 unspecified atom stereocenters. The number of ether oxygens (including phenoxy) is 1. The van der Waals surface area contributed by atoms with Crippen LogP contribution in [-0.4, -0.2) is 26.5 Å². The van der Waals surface area contributed by atoms with E-state index < -0.39 is 8.38 Å². The Labute approximate surface area is 123 Å². The highest BCUT2D eigenvalue weighted by Gasteiger charge is 2.24. The van der Waals surface area contributed by atoms with E-state index in [1.54, 1.807) is 14.2 Å². The summed E-state index contributed by atoms with van der Waals surface area (Å²) in [6.45, 7) is 0.735. The summed E-state index contributed by atoms with van der Waals surface area (Å²) in [5.41, 5.74) is 1.26. The molecule has 1 aromatic rings. The molecule has 0 saturated heterocycles. The SMILES string of the molecule is COP(C[C@H]1CC[C@@H](OCc2ccccc2)CC1)OC. The van der Waals surface area contributed by atoms with Crippen LogP contribution in [0.15, 0.2) is 30.3 Å². The first-order valence-corrected chi connectivity index (χ1v) is 8.69. The number of hydrogen-bond acceptors (Lipinski definition) is 3. The normalized spacial score (nSPS) is 23.1. The van der Waals surface area contributed by atoms with Crippen molar-refractivity contribution in [3.8, 4) is 0 Å². The van der Waals surface area contributed by atoms with Crippen LogP contribution in [0, 0.1) is 5.92 Å². The molecule has 4 heteroatoms. The Hall–Kier alpha value is -0.470. The minimum atomic E-state index is -0.678. The molecule has 0 aliphatic heterocycles. The van der Waals surface area contributed by atoms with E-state index >= 15 is 0 Å². The lowest BCUT2D eigenvalue weighted by Gasteiger charge is -2.29. The Morgan fingerprint density at radius 2 is 1.65 bits per heavy atom. The first-order valence-electron chi connectivity index (χ1n) is 7.33. The van der Waals surface area contributed by atoms with Gasteiger partial charge in [-0.05, 0) is 37.2 Å².